The number of rotatable bonds is 3. The average molecular weight is 179 g/mol. The maximum Gasteiger partial charge on any atom is 0.251 e. The molecule has 1 rings (SSSR count). The zero-order valence-electron chi connectivity index (χ0n) is 7.79. The van der Waals surface area contributed by atoms with Crippen molar-refractivity contribution in [2.45, 2.75) is 6.92 Å². The van der Waals surface area contributed by atoms with Crippen LogP contribution in [0, 0.1) is 0 Å². The summed E-state index contributed by atoms with van der Waals surface area (Å²) in [5, 5.41) is 5.59. The normalized spacial score (nSPS) is 9.38. The van der Waals surface area contributed by atoms with Gasteiger partial charge in [0, 0.05) is 25.4 Å². The highest BCUT2D eigenvalue weighted by atomic mass is 16.1. The molecule has 0 radical (unpaired) electrons. The fourth-order valence-corrected chi connectivity index (χ4v) is 0.971. The summed E-state index contributed by atoms with van der Waals surface area (Å²) in [7, 11) is 1.77. The summed E-state index contributed by atoms with van der Waals surface area (Å²) in [5.74, 6) is 0.630. The summed E-state index contributed by atoms with van der Waals surface area (Å²) in [4.78, 5) is 15.4. The number of hydrogen-bond acceptors (Lipinski definition) is 3. The first-order chi connectivity index (χ1) is 6.27. The first kappa shape index (κ1) is 9.51. The fraction of sp³-hybridized carbons (Fsp3) is 0.333. The molecule has 0 aromatic carbocycles. The van der Waals surface area contributed by atoms with Gasteiger partial charge in [0.05, 0.1) is 0 Å². The molecule has 2 N–H and O–H groups in total. The molecule has 70 valence electrons. The number of nitrogens with zero attached hydrogens (tertiary/aromatic N) is 1. The van der Waals surface area contributed by atoms with Crippen molar-refractivity contribution in [3.05, 3.63) is 23.9 Å². The van der Waals surface area contributed by atoms with E-state index in [0.717, 1.165) is 0 Å². The lowest BCUT2D eigenvalue weighted by Crippen LogP contribution is -2.22. The summed E-state index contributed by atoms with van der Waals surface area (Å²) in [6.45, 7) is 2.52. The van der Waals surface area contributed by atoms with E-state index in [0.29, 0.717) is 17.9 Å². The number of carbonyl (C=O) groups is 1. The van der Waals surface area contributed by atoms with Crippen molar-refractivity contribution in [3.8, 4) is 0 Å². The van der Waals surface area contributed by atoms with Crippen LogP contribution in [-0.4, -0.2) is 24.5 Å². The fourth-order valence-electron chi connectivity index (χ4n) is 0.971. The van der Waals surface area contributed by atoms with Gasteiger partial charge in [0.15, 0.2) is 0 Å². The second kappa shape index (κ2) is 4.45. The molecule has 0 atom stereocenters. The minimum absolute atomic E-state index is 0.0681. The molecule has 1 heterocycles. The molecule has 1 aromatic heterocycles. The van der Waals surface area contributed by atoms with Crippen molar-refractivity contribution >= 4 is 11.7 Å². The molecule has 0 saturated heterocycles. The van der Waals surface area contributed by atoms with Gasteiger partial charge in [-0.05, 0) is 19.1 Å². The topological polar surface area (TPSA) is 54.0 Å². The van der Waals surface area contributed by atoms with Crippen molar-refractivity contribution in [2.24, 2.45) is 0 Å². The first-order valence-corrected chi connectivity index (χ1v) is 4.20. The van der Waals surface area contributed by atoms with Gasteiger partial charge in [-0.25, -0.2) is 4.98 Å². The Labute approximate surface area is 77.4 Å². The summed E-state index contributed by atoms with van der Waals surface area (Å²) in [5.41, 5.74) is 0.626. The van der Waals surface area contributed by atoms with Crippen LogP contribution in [0.5, 0.6) is 0 Å². The van der Waals surface area contributed by atoms with Crippen molar-refractivity contribution in [2.75, 3.05) is 18.9 Å². The van der Waals surface area contributed by atoms with Gasteiger partial charge in [0.1, 0.15) is 5.82 Å². The first-order valence-electron chi connectivity index (χ1n) is 4.20. The highest BCUT2D eigenvalue weighted by Crippen LogP contribution is 2.05. The maximum absolute atomic E-state index is 11.3. The Balaban J connectivity index is 2.82. The number of aromatic nitrogens is 1. The molecule has 0 fully saturated rings. The number of pyridine rings is 1. The van der Waals surface area contributed by atoms with E-state index in [9.17, 15) is 4.79 Å². The average Bonchev–Trinajstić information content (AvgIpc) is 2.18. The van der Waals surface area contributed by atoms with Gasteiger partial charge in [-0.2, -0.15) is 0 Å². The largest absolute Gasteiger partial charge is 0.373 e. The zero-order chi connectivity index (χ0) is 9.68. The van der Waals surface area contributed by atoms with Crippen molar-refractivity contribution < 1.29 is 4.79 Å². The molecular weight excluding hydrogens is 166 g/mol. The molecule has 13 heavy (non-hydrogen) atoms. The van der Waals surface area contributed by atoms with Gasteiger partial charge in [0.25, 0.3) is 5.91 Å². The minimum atomic E-state index is -0.0681. The zero-order valence-corrected chi connectivity index (χ0v) is 7.79. The molecule has 0 saturated carbocycles. The Kier molecular flexibility index (Phi) is 3.25. The van der Waals surface area contributed by atoms with E-state index in [1.54, 1.807) is 25.4 Å². The molecule has 0 aliphatic heterocycles. The van der Waals surface area contributed by atoms with Gasteiger partial charge < -0.3 is 10.6 Å². The van der Waals surface area contributed by atoms with Crippen LogP contribution < -0.4 is 10.6 Å². The van der Waals surface area contributed by atoms with E-state index in [-0.39, 0.29) is 5.91 Å². The molecule has 0 spiro atoms. The van der Waals surface area contributed by atoms with Crippen LogP contribution >= 0.6 is 0 Å². The molecule has 1 aromatic rings. The van der Waals surface area contributed by atoms with E-state index >= 15 is 0 Å². The number of hydrogen-bond donors (Lipinski definition) is 2. The molecule has 0 aliphatic carbocycles. The predicted molar refractivity (Wildman–Crippen MR) is 51.8 cm³/mol. The van der Waals surface area contributed by atoms with Crippen LogP contribution in [0.25, 0.3) is 0 Å². The standard InChI is InChI=1S/C9H13N3O/c1-3-11-9(13)7-4-5-12-8(6-7)10-2/h4-6H,3H2,1-2H3,(H,10,12)(H,11,13). The van der Waals surface area contributed by atoms with E-state index in [4.69, 9.17) is 0 Å². The Hall–Kier alpha value is -1.58. The Morgan fingerprint density at radius 3 is 3.00 bits per heavy atom. The Bertz CT molecular complexity index is 299. The van der Waals surface area contributed by atoms with Crippen LogP contribution in [0.15, 0.2) is 18.3 Å². The molecular formula is C9H13N3O. The van der Waals surface area contributed by atoms with E-state index in [1.807, 2.05) is 6.92 Å². The third-order valence-corrected chi connectivity index (χ3v) is 1.62. The lowest BCUT2D eigenvalue weighted by molar-refractivity contribution is 0.0956. The lowest BCUT2D eigenvalue weighted by atomic mass is 10.2. The Morgan fingerprint density at radius 2 is 2.38 bits per heavy atom. The van der Waals surface area contributed by atoms with Crippen molar-refractivity contribution in [1.29, 1.82) is 0 Å². The summed E-state index contributed by atoms with van der Waals surface area (Å²) < 4.78 is 0. The third kappa shape index (κ3) is 2.43. The van der Waals surface area contributed by atoms with Gasteiger partial charge in [-0.15, -0.1) is 0 Å². The van der Waals surface area contributed by atoms with Gasteiger partial charge >= 0.3 is 0 Å². The molecule has 1 amide bonds. The molecule has 0 aliphatic rings. The number of carbonyl (C=O) groups excluding carboxylic acids is 1. The number of amides is 1. The van der Waals surface area contributed by atoms with E-state index < -0.39 is 0 Å². The second-order valence-corrected chi connectivity index (χ2v) is 2.54. The van der Waals surface area contributed by atoms with Crippen LogP contribution in [0.1, 0.15) is 17.3 Å². The third-order valence-electron chi connectivity index (χ3n) is 1.62. The molecule has 0 bridgehead atoms. The van der Waals surface area contributed by atoms with Gasteiger partial charge in [-0.1, -0.05) is 0 Å². The molecule has 0 unspecified atom stereocenters. The predicted octanol–water partition coefficient (Wildman–Crippen LogP) is 0.873. The Morgan fingerprint density at radius 1 is 1.62 bits per heavy atom. The quantitative estimate of drug-likeness (QED) is 0.724. The van der Waals surface area contributed by atoms with Gasteiger partial charge in [-0.3, -0.25) is 4.79 Å². The number of anilines is 1. The smallest absolute Gasteiger partial charge is 0.251 e. The van der Waals surface area contributed by atoms with Gasteiger partial charge in [0.2, 0.25) is 0 Å². The monoisotopic (exact) mass is 179 g/mol. The highest BCUT2D eigenvalue weighted by Gasteiger charge is 2.03. The van der Waals surface area contributed by atoms with Crippen LogP contribution in [0.4, 0.5) is 5.82 Å². The summed E-state index contributed by atoms with van der Waals surface area (Å²) in [6.07, 6.45) is 1.61. The maximum atomic E-state index is 11.3. The SMILES string of the molecule is CCNC(=O)c1ccnc(NC)c1. The minimum Gasteiger partial charge on any atom is -0.373 e. The number of nitrogens with one attached hydrogen (secondary N) is 2. The van der Waals surface area contributed by atoms with Crippen molar-refractivity contribution in [3.63, 3.8) is 0 Å². The van der Waals surface area contributed by atoms with Crippen LogP contribution in [0.3, 0.4) is 0 Å². The second-order valence-electron chi connectivity index (χ2n) is 2.54. The van der Waals surface area contributed by atoms with E-state index in [2.05, 4.69) is 15.6 Å². The summed E-state index contributed by atoms with van der Waals surface area (Å²) >= 11 is 0. The molecule has 4 heteroatoms. The van der Waals surface area contributed by atoms with Crippen LogP contribution in [0.2, 0.25) is 0 Å². The molecule has 4 nitrogen and oxygen atoms in total. The highest BCUT2D eigenvalue weighted by molar-refractivity contribution is 5.94. The lowest BCUT2D eigenvalue weighted by Gasteiger charge is -2.03. The van der Waals surface area contributed by atoms with E-state index in [1.165, 1.54) is 0 Å². The van der Waals surface area contributed by atoms with Crippen molar-refractivity contribution in [1.82, 2.24) is 10.3 Å². The van der Waals surface area contributed by atoms with Crippen LogP contribution in [-0.2, 0) is 0 Å². The summed E-state index contributed by atoms with van der Waals surface area (Å²) in [6, 6.07) is 3.40.